The van der Waals surface area contributed by atoms with Crippen LogP contribution < -0.4 is 5.32 Å². The van der Waals surface area contributed by atoms with Crippen LogP contribution in [-0.4, -0.2) is 16.5 Å². The van der Waals surface area contributed by atoms with Gasteiger partial charge in [-0.2, -0.15) is 0 Å². The summed E-state index contributed by atoms with van der Waals surface area (Å²) >= 11 is 3.43. The van der Waals surface area contributed by atoms with Gasteiger partial charge in [-0.1, -0.05) is 27.7 Å². The molecule has 0 aliphatic carbocycles. The highest BCUT2D eigenvalue weighted by Crippen LogP contribution is 2.35. The van der Waals surface area contributed by atoms with Crippen molar-refractivity contribution in [2.45, 2.75) is 39.7 Å². The Kier molecular flexibility index (Phi) is 4.14. The van der Waals surface area contributed by atoms with Crippen LogP contribution in [0.15, 0.2) is 11.7 Å². The number of rotatable bonds is 4. The van der Waals surface area contributed by atoms with Gasteiger partial charge >= 0.3 is 0 Å². The van der Waals surface area contributed by atoms with Crippen molar-refractivity contribution in [3.63, 3.8) is 0 Å². The van der Waals surface area contributed by atoms with Gasteiger partial charge in [0.25, 0.3) is 0 Å². The smallest absolute Gasteiger partial charge is 0.135 e. The lowest BCUT2D eigenvalue weighted by molar-refractivity contribution is 0.561. The van der Waals surface area contributed by atoms with E-state index < -0.39 is 0 Å². The van der Waals surface area contributed by atoms with Crippen LogP contribution in [0.4, 0.5) is 0 Å². The number of hydrogen-bond acceptors (Lipinski definition) is 5. The van der Waals surface area contributed by atoms with Crippen molar-refractivity contribution in [1.29, 1.82) is 0 Å². The first-order valence-electron chi connectivity index (χ1n) is 6.12. The van der Waals surface area contributed by atoms with E-state index in [2.05, 4.69) is 38.0 Å². The van der Waals surface area contributed by atoms with E-state index in [1.165, 1.54) is 10.6 Å². The first kappa shape index (κ1) is 13.6. The molecule has 0 bridgehead atoms. The predicted octanol–water partition coefficient (Wildman–Crippen LogP) is 3.67. The number of aromatic nitrogens is 2. The van der Waals surface area contributed by atoms with E-state index >= 15 is 0 Å². The lowest BCUT2D eigenvalue weighted by Crippen LogP contribution is -2.18. The number of nitrogens with one attached hydrogen (secondary N) is 1. The summed E-state index contributed by atoms with van der Waals surface area (Å²) in [6.07, 6.45) is 1.90. The van der Waals surface area contributed by atoms with Crippen molar-refractivity contribution >= 4 is 22.7 Å². The minimum atomic E-state index is 0.0875. The third kappa shape index (κ3) is 2.96. The Morgan fingerprint density at radius 1 is 1.33 bits per heavy atom. The third-order valence-corrected chi connectivity index (χ3v) is 4.58. The highest BCUT2D eigenvalue weighted by Gasteiger charge is 2.23. The van der Waals surface area contributed by atoms with Gasteiger partial charge in [0.2, 0.25) is 0 Å². The molecule has 0 aromatic carbocycles. The summed E-state index contributed by atoms with van der Waals surface area (Å²) in [5.41, 5.74) is 3.15. The molecule has 2 aromatic rings. The molecule has 0 aliphatic rings. The van der Waals surface area contributed by atoms with Crippen LogP contribution in [0.2, 0.25) is 0 Å². The van der Waals surface area contributed by atoms with Crippen LogP contribution in [0.5, 0.6) is 0 Å². The van der Waals surface area contributed by atoms with Gasteiger partial charge in [-0.15, -0.1) is 22.7 Å². The average Bonchev–Trinajstić information content (AvgIpc) is 2.93. The van der Waals surface area contributed by atoms with E-state index in [0.29, 0.717) is 0 Å². The molecule has 0 atom stereocenters. The molecule has 0 radical (unpaired) electrons. The van der Waals surface area contributed by atoms with Gasteiger partial charge in [0.05, 0.1) is 16.1 Å². The molecule has 18 heavy (non-hydrogen) atoms. The van der Waals surface area contributed by atoms with E-state index in [4.69, 9.17) is 4.98 Å². The van der Waals surface area contributed by atoms with Crippen molar-refractivity contribution in [3.8, 4) is 9.88 Å². The minimum Gasteiger partial charge on any atom is -0.312 e. The Bertz CT molecular complexity index is 495. The van der Waals surface area contributed by atoms with Gasteiger partial charge in [-0.05, 0) is 6.54 Å². The molecule has 5 heteroatoms. The van der Waals surface area contributed by atoms with Crippen molar-refractivity contribution in [2.75, 3.05) is 6.54 Å². The molecule has 98 valence electrons. The van der Waals surface area contributed by atoms with Crippen LogP contribution in [-0.2, 0) is 12.0 Å². The van der Waals surface area contributed by atoms with Gasteiger partial charge in [0, 0.05) is 23.0 Å². The zero-order valence-electron chi connectivity index (χ0n) is 11.3. The lowest BCUT2D eigenvalue weighted by Gasteiger charge is -2.17. The second-order valence-electron chi connectivity index (χ2n) is 5.19. The maximum Gasteiger partial charge on any atom is 0.135 e. The van der Waals surface area contributed by atoms with E-state index in [-0.39, 0.29) is 5.41 Å². The minimum absolute atomic E-state index is 0.0875. The van der Waals surface area contributed by atoms with Crippen LogP contribution in [0, 0.1) is 0 Å². The molecule has 2 heterocycles. The quantitative estimate of drug-likeness (QED) is 0.929. The highest BCUT2D eigenvalue weighted by atomic mass is 32.1. The maximum absolute atomic E-state index is 4.83. The van der Waals surface area contributed by atoms with Crippen molar-refractivity contribution in [3.05, 3.63) is 22.3 Å². The number of thiazole rings is 2. The molecule has 0 aliphatic heterocycles. The zero-order chi connectivity index (χ0) is 13.2. The second kappa shape index (κ2) is 5.47. The normalized spacial score (nSPS) is 12.0. The summed E-state index contributed by atoms with van der Waals surface area (Å²) in [6.45, 7) is 10.7. The van der Waals surface area contributed by atoms with Gasteiger partial charge in [0.15, 0.2) is 0 Å². The van der Waals surface area contributed by atoms with Crippen LogP contribution >= 0.6 is 22.7 Å². The van der Waals surface area contributed by atoms with Gasteiger partial charge < -0.3 is 5.32 Å². The summed E-state index contributed by atoms with van der Waals surface area (Å²) in [4.78, 5) is 11.5. The molecule has 2 aromatic heterocycles. The van der Waals surface area contributed by atoms with Crippen molar-refractivity contribution < 1.29 is 0 Å². The predicted molar refractivity (Wildman–Crippen MR) is 79.3 cm³/mol. The average molecular weight is 281 g/mol. The Balaban J connectivity index is 2.38. The Labute approximate surface area is 116 Å². The third-order valence-electron chi connectivity index (χ3n) is 2.59. The maximum atomic E-state index is 4.83. The van der Waals surface area contributed by atoms with Gasteiger partial charge in [-0.25, -0.2) is 4.98 Å². The van der Waals surface area contributed by atoms with E-state index in [1.807, 2.05) is 11.7 Å². The van der Waals surface area contributed by atoms with Gasteiger partial charge in [-0.3, -0.25) is 4.98 Å². The summed E-state index contributed by atoms with van der Waals surface area (Å²) in [6, 6.07) is 0. The fraction of sp³-hybridized carbons (Fsp3) is 0.538. The van der Waals surface area contributed by atoms with Crippen molar-refractivity contribution in [2.24, 2.45) is 0 Å². The second-order valence-corrected chi connectivity index (χ2v) is 7.16. The number of hydrogen-bond donors (Lipinski definition) is 1. The molecule has 0 spiro atoms. The Morgan fingerprint density at radius 3 is 2.67 bits per heavy atom. The monoisotopic (exact) mass is 281 g/mol. The van der Waals surface area contributed by atoms with Crippen molar-refractivity contribution in [1.82, 2.24) is 15.3 Å². The van der Waals surface area contributed by atoms with Crippen LogP contribution in [0.1, 0.15) is 38.3 Å². The molecule has 2 rings (SSSR count). The summed E-state index contributed by atoms with van der Waals surface area (Å²) in [5.74, 6) is 0. The van der Waals surface area contributed by atoms with E-state index in [1.54, 1.807) is 22.7 Å². The largest absolute Gasteiger partial charge is 0.312 e. The molecule has 0 amide bonds. The molecular formula is C13H19N3S2. The first-order valence-corrected chi connectivity index (χ1v) is 7.81. The van der Waals surface area contributed by atoms with E-state index in [9.17, 15) is 0 Å². The van der Waals surface area contributed by atoms with Gasteiger partial charge in [0.1, 0.15) is 5.01 Å². The zero-order valence-corrected chi connectivity index (χ0v) is 12.9. The molecule has 3 nitrogen and oxygen atoms in total. The molecule has 0 fully saturated rings. The first-order chi connectivity index (χ1) is 8.52. The molecule has 0 saturated heterocycles. The SMILES string of the molecule is CCNCc1sc(-c2cncs2)nc1C(C)(C)C. The fourth-order valence-electron chi connectivity index (χ4n) is 1.72. The summed E-state index contributed by atoms with van der Waals surface area (Å²) in [5, 5.41) is 4.49. The summed E-state index contributed by atoms with van der Waals surface area (Å²) < 4.78 is 0. The fourth-order valence-corrected chi connectivity index (χ4v) is 3.64. The molecule has 0 saturated carbocycles. The van der Waals surface area contributed by atoms with Crippen LogP contribution in [0.3, 0.4) is 0 Å². The molecule has 0 unspecified atom stereocenters. The Hall–Kier alpha value is -0.780. The summed E-state index contributed by atoms with van der Waals surface area (Å²) in [7, 11) is 0. The van der Waals surface area contributed by atoms with E-state index in [0.717, 1.165) is 23.0 Å². The Morgan fingerprint density at radius 2 is 2.11 bits per heavy atom. The topological polar surface area (TPSA) is 37.8 Å². The van der Waals surface area contributed by atoms with Crippen LogP contribution in [0.25, 0.3) is 9.88 Å². The molecular weight excluding hydrogens is 262 g/mol. The standard InChI is InChI=1S/C13H19N3S2/c1-5-14-6-9-11(13(2,3)4)16-12(18-9)10-7-15-8-17-10/h7-8,14H,5-6H2,1-4H3. The number of nitrogens with zero attached hydrogens (tertiary/aromatic N) is 2. The highest BCUT2D eigenvalue weighted by molar-refractivity contribution is 7.20. The molecule has 1 N–H and O–H groups in total. The lowest BCUT2D eigenvalue weighted by atomic mass is 9.91.